The molecule has 0 N–H and O–H groups in total. The SMILES string of the molecule is COc1ccc(C(=O)N2CC(c3ccccc3)C3COCCC32)cn1. The van der Waals surface area contributed by atoms with Crippen LogP contribution in [-0.2, 0) is 4.74 Å². The van der Waals surface area contributed by atoms with E-state index < -0.39 is 0 Å². The molecule has 0 radical (unpaired) electrons. The molecule has 0 aliphatic carbocycles. The van der Waals surface area contributed by atoms with Gasteiger partial charge in [-0.25, -0.2) is 4.98 Å². The fourth-order valence-corrected chi connectivity index (χ4v) is 4.08. The summed E-state index contributed by atoms with van der Waals surface area (Å²) < 4.78 is 10.8. The molecular weight excluding hydrogens is 316 g/mol. The van der Waals surface area contributed by atoms with Gasteiger partial charge in [0, 0.05) is 43.3 Å². The van der Waals surface area contributed by atoms with Crippen molar-refractivity contribution in [1.82, 2.24) is 9.88 Å². The summed E-state index contributed by atoms with van der Waals surface area (Å²) >= 11 is 0. The van der Waals surface area contributed by atoms with Gasteiger partial charge in [-0.15, -0.1) is 0 Å². The molecule has 1 aromatic heterocycles. The van der Waals surface area contributed by atoms with E-state index in [2.05, 4.69) is 29.2 Å². The molecule has 130 valence electrons. The Labute approximate surface area is 147 Å². The van der Waals surface area contributed by atoms with Crippen molar-refractivity contribution in [3.63, 3.8) is 0 Å². The highest BCUT2D eigenvalue weighted by atomic mass is 16.5. The number of methoxy groups -OCH3 is 1. The monoisotopic (exact) mass is 338 g/mol. The third kappa shape index (κ3) is 3.00. The molecule has 2 aliphatic heterocycles. The number of hydrogen-bond acceptors (Lipinski definition) is 4. The molecule has 0 spiro atoms. The molecule has 2 aliphatic rings. The third-order valence-corrected chi connectivity index (χ3v) is 5.35. The van der Waals surface area contributed by atoms with Crippen LogP contribution in [0, 0.1) is 5.92 Å². The zero-order valence-corrected chi connectivity index (χ0v) is 14.3. The average Bonchev–Trinajstić information content (AvgIpc) is 3.08. The maximum atomic E-state index is 13.1. The van der Waals surface area contributed by atoms with Crippen molar-refractivity contribution in [2.24, 2.45) is 5.92 Å². The maximum absolute atomic E-state index is 13.1. The van der Waals surface area contributed by atoms with E-state index in [4.69, 9.17) is 9.47 Å². The number of carbonyl (C=O) groups excluding carboxylic acids is 1. The number of likely N-dealkylation sites (tertiary alicyclic amines) is 1. The number of aromatic nitrogens is 1. The van der Waals surface area contributed by atoms with Gasteiger partial charge in [0.15, 0.2) is 0 Å². The minimum absolute atomic E-state index is 0.0467. The van der Waals surface area contributed by atoms with Gasteiger partial charge in [0.05, 0.1) is 19.3 Å². The summed E-state index contributed by atoms with van der Waals surface area (Å²) in [5.41, 5.74) is 1.89. The summed E-state index contributed by atoms with van der Waals surface area (Å²) in [5.74, 6) is 1.24. The Kier molecular flexibility index (Phi) is 4.40. The number of hydrogen-bond donors (Lipinski definition) is 0. The smallest absolute Gasteiger partial charge is 0.255 e. The molecule has 25 heavy (non-hydrogen) atoms. The van der Waals surface area contributed by atoms with Crippen molar-refractivity contribution < 1.29 is 14.3 Å². The lowest BCUT2D eigenvalue weighted by molar-refractivity contribution is 0.0188. The topological polar surface area (TPSA) is 51.7 Å². The molecule has 1 aromatic carbocycles. The second-order valence-corrected chi connectivity index (χ2v) is 6.66. The lowest BCUT2D eigenvalue weighted by atomic mass is 9.84. The van der Waals surface area contributed by atoms with E-state index in [0.717, 1.165) is 19.6 Å². The van der Waals surface area contributed by atoms with E-state index in [0.29, 0.717) is 29.9 Å². The summed E-state index contributed by atoms with van der Waals surface area (Å²) in [7, 11) is 1.57. The van der Waals surface area contributed by atoms with Gasteiger partial charge in [0.1, 0.15) is 0 Å². The molecule has 5 nitrogen and oxygen atoms in total. The second kappa shape index (κ2) is 6.84. The molecule has 1 amide bonds. The van der Waals surface area contributed by atoms with Crippen LogP contribution in [0.4, 0.5) is 0 Å². The number of benzene rings is 1. The van der Waals surface area contributed by atoms with Crippen LogP contribution in [0.3, 0.4) is 0 Å². The standard InChI is InChI=1S/C20H22N2O3/c1-24-19-8-7-15(11-21-19)20(23)22-12-16(14-5-3-2-4-6-14)17-13-25-10-9-18(17)22/h2-8,11,16-18H,9-10,12-13H2,1H3. The Morgan fingerprint density at radius 1 is 1.24 bits per heavy atom. The van der Waals surface area contributed by atoms with Crippen LogP contribution in [0.2, 0.25) is 0 Å². The highest BCUT2D eigenvalue weighted by Gasteiger charge is 2.45. The zero-order valence-electron chi connectivity index (χ0n) is 14.3. The fraction of sp³-hybridized carbons (Fsp3) is 0.400. The molecule has 4 rings (SSSR count). The Morgan fingerprint density at radius 3 is 2.80 bits per heavy atom. The molecule has 5 heteroatoms. The Balaban J connectivity index is 1.61. The number of ether oxygens (including phenoxy) is 2. The summed E-state index contributed by atoms with van der Waals surface area (Å²) in [6.07, 6.45) is 2.49. The Morgan fingerprint density at radius 2 is 2.08 bits per heavy atom. The lowest BCUT2D eigenvalue weighted by Crippen LogP contribution is -2.42. The van der Waals surface area contributed by atoms with Gasteiger partial charge in [0.2, 0.25) is 5.88 Å². The van der Waals surface area contributed by atoms with Gasteiger partial charge in [-0.2, -0.15) is 0 Å². The molecule has 0 saturated carbocycles. The summed E-state index contributed by atoms with van der Waals surface area (Å²) in [4.78, 5) is 19.3. The first-order valence-electron chi connectivity index (χ1n) is 8.71. The lowest BCUT2D eigenvalue weighted by Gasteiger charge is -2.32. The first-order valence-corrected chi connectivity index (χ1v) is 8.71. The van der Waals surface area contributed by atoms with Crippen LogP contribution in [0.1, 0.15) is 28.3 Å². The highest BCUT2D eigenvalue weighted by molar-refractivity contribution is 5.94. The minimum atomic E-state index is 0.0467. The first kappa shape index (κ1) is 16.1. The van der Waals surface area contributed by atoms with Crippen molar-refractivity contribution in [1.29, 1.82) is 0 Å². The van der Waals surface area contributed by atoms with Gasteiger partial charge >= 0.3 is 0 Å². The minimum Gasteiger partial charge on any atom is -0.481 e. The molecular formula is C20H22N2O3. The van der Waals surface area contributed by atoms with Crippen LogP contribution in [0.5, 0.6) is 5.88 Å². The van der Waals surface area contributed by atoms with Gasteiger partial charge in [-0.1, -0.05) is 30.3 Å². The Bertz CT molecular complexity index is 732. The fourth-order valence-electron chi connectivity index (χ4n) is 4.08. The van der Waals surface area contributed by atoms with Gasteiger partial charge in [-0.05, 0) is 18.1 Å². The van der Waals surface area contributed by atoms with Crippen molar-refractivity contribution >= 4 is 5.91 Å². The van der Waals surface area contributed by atoms with E-state index in [1.807, 2.05) is 11.0 Å². The summed E-state index contributed by atoms with van der Waals surface area (Å²) in [6, 6.07) is 14.2. The molecule has 3 atom stereocenters. The predicted octanol–water partition coefficient (Wildman–Crippen LogP) is 2.73. The molecule has 3 unspecified atom stereocenters. The number of fused-ring (bicyclic) bond motifs is 1. The molecule has 0 bridgehead atoms. The van der Waals surface area contributed by atoms with Gasteiger partial charge in [0.25, 0.3) is 5.91 Å². The van der Waals surface area contributed by atoms with Crippen molar-refractivity contribution in [2.45, 2.75) is 18.4 Å². The van der Waals surface area contributed by atoms with Crippen LogP contribution < -0.4 is 4.74 Å². The molecule has 2 aromatic rings. The Hall–Kier alpha value is -2.40. The van der Waals surface area contributed by atoms with Gasteiger partial charge in [-0.3, -0.25) is 4.79 Å². The zero-order chi connectivity index (χ0) is 17.2. The second-order valence-electron chi connectivity index (χ2n) is 6.66. The van der Waals surface area contributed by atoms with Crippen LogP contribution in [0.15, 0.2) is 48.7 Å². The predicted molar refractivity (Wildman–Crippen MR) is 93.7 cm³/mol. The number of carbonyl (C=O) groups is 1. The number of amides is 1. The van der Waals surface area contributed by atoms with Crippen molar-refractivity contribution in [3.05, 3.63) is 59.8 Å². The summed E-state index contributed by atoms with van der Waals surface area (Å²) in [6.45, 7) is 2.16. The molecule has 3 heterocycles. The number of pyridine rings is 1. The summed E-state index contributed by atoms with van der Waals surface area (Å²) in [5, 5.41) is 0. The number of rotatable bonds is 3. The van der Waals surface area contributed by atoms with Crippen LogP contribution in [0.25, 0.3) is 0 Å². The van der Waals surface area contributed by atoms with E-state index >= 15 is 0 Å². The highest BCUT2D eigenvalue weighted by Crippen LogP contribution is 2.41. The number of nitrogens with zero attached hydrogens (tertiary/aromatic N) is 2. The van der Waals surface area contributed by atoms with E-state index in [1.54, 1.807) is 25.4 Å². The van der Waals surface area contributed by atoms with Gasteiger partial charge < -0.3 is 14.4 Å². The first-order chi connectivity index (χ1) is 12.3. The van der Waals surface area contributed by atoms with Crippen LogP contribution in [-0.4, -0.2) is 48.7 Å². The maximum Gasteiger partial charge on any atom is 0.255 e. The van der Waals surface area contributed by atoms with Crippen molar-refractivity contribution in [2.75, 3.05) is 26.9 Å². The molecule has 2 saturated heterocycles. The van der Waals surface area contributed by atoms with Crippen molar-refractivity contribution in [3.8, 4) is 5.88 Å². The normalized spacial score (nSPS) is 25.5. The van der Waals surface area contributed by atoms with Crippen LogP contribution >= 0.6 is 0 Å². The average molecular weight is 338 g/mol. The van der Waals surface area contributed by atoms with E-state index in [-0.39, 0.29) is 11.9 Å². The third-order valence-electron chi connectivity index (χ3n) is 5.35. The van der Waals surface area contributed by atoms with E-state index in [9.17, 15) is 4.79 Å². The largest absolute Gasteiger partial charge is 0.481 e. The quantitative estimate of drug-likeness (QED) is 0.863. The van der Waals surface area contributed by atoms with E-state index in [1.165, 1.54) is 5.56 Å². The molecule has 2 fully saturated rings.